The Balaban J connectivity index is 1.69. The number of ketones is 2. The smallest absolute Gasteiger partial charge is 0.155 e. The maximum atomic E-state index is 12.2. The highest BCUT2D eigenvalue weighted by Crippen LogP contribution is 2.66. The van der Waals surface area contributed by atoms with Crippen molar-refractivity contribution in [2.24, 2.45) is 34.5 Å². The highest BCUT2D eigenvalue weighted by atomic mass is 16.3. The molecule has 6 atom stereocenters. The summed E-state index contributed by atoms with van der Waals surface area (Å²) < 4.78 is 0. The molecule has 3 nitrogen and oxygen atoms in total. The van der Waals surface area contributed by atoms with E-state index >= 15 is 0 Å². The Kier molecular flexibility index (Phi) is 3.80. The van der Waals surface area contributed by atoms with Crippen molar-refractivity contribution in [2.45, 2.75) is 65.2 Å². The highest BCUT2D eigenvalue weighted by Gasteiger charge is 2.60. The molecule has 4 aliphatic rings. The molecule has 4 aliphatic carbocycles. The minimum atomic E-state index is -0.146. The van der Waals surface area contributed by atoms with Crippen LogP contribution in [0.5, 0.6) is 0 Å². The second-order valence-corrected chi connectivity index (χ2v) is 9.15. The van der Waals surface area contributed by atoms with Gasteiger partial charge in [0.1, 0.15) is 5.78 Å². The zero-order chi connectivity index (χ0) is 17.1. The van der Waals surface area contributed by atoms with Gasteiger partial charge in [-0.25, -0.2) is 0 Å². The van der Waals surface area contributed by atoms with Gasteiger partial charge in [-0.05, 0) is 81.1 Å². The van der Waals surface area contributed by atoms with E-state index in [1.54, 1.807) is 6.92 Å². The topological polar surface area (TPSA) is 54.4 Å². The number of rotatable bonds is 2. The molecule has 0 saturated heterocycles. The second kappa shape index (κ2) is 5.52. The molecular formula is C21H30O3. The molecule has 0 aliphatic heterocycles. The Morgan fingerprint density at radius 3 is 2.67 bits per heavy atom. The van der Waals surface area contributed by atoms with Crippen LogP contribution >= 0.6 is 0 Å². The summed E-state index contributed by atoms with van der Waals surface area (Å²) in [6, 6.07) is 0. The van der Waals surface area contributed by atoms with Gasteiger partial charge in [-0.1, -0.05) is 12.5 Å². The van der Waals surface area contributed by atoms with Gasteiger partial charge in [-0.2, -0.15) is 0 Å². The fourth-order valence-electron chi connectivity index (χ4n) is 7.33. The zero-order valence-corrected chi connectivity index (χ0v) is 15.0. The number of Topliss-reactive ketones (excluding diaryl/α,β-unsaturated/α-hetero) is 1. The summed E-state index contributed by atoms with van der Waals surface area (Å²) in [7, 11) is 0. The fourth-order valence-corrected chi connectivity index (χ4v) is 7.33. The first-order chi connectivity index (χ1) is 11.4. The first kappa shape index (κ1) is 16.5. The number of hydrogen-bond donors (Lipinski definition) is 1. The van der Waals surface area contributed by atoms with E-state index < -0.39 is 0 Å². The van der Waals surface area contributed by atoms with E-state index in [0.29, 0.717) is 30.0 Å². The van der Waals surface area contributed by atoms with Crippen molar-refractivity contribution < 1.29 is 14.7 Å². The van der Waals surface area contributed by atoms with Gasteiger partial charge < -0.3 is 5.11 Å². The van der Waals surface area contributed by atoms with Gasteiger partial charge >= 0.3 is 0 Å². The van der Waals surface area contributed by atoms with Gasteiger partial charge in [0.2, 0.25) is 0 Å². The normalized spacial score (nSPS) is 47.5. The van der Waals surface area contributed by atoms with E-state index in [0.717, 1.165) is 38.5 Å². The third-order valence-electron chi connectivity index (χ3n) is 8.46. The molecule has 4 rings (SSSR count). The van der Waals surface area contributed by atoms with Gasteiger partial charge in [-0.3, -0.25) is 9.59 Å². The van der Waals surface area contributed by atoms with E-state index in [9.17, 15) is 14.7 Å². The number of fused-ring (bicyclic) bond motifs is 5. The lowest BCUT2D eigenvalue weighted by Crippen LogP contribution is -2.53. The van der Waals surface area contributed by atoms with Crippen LogP contribution in [0.3, 0.4) is 0 Å². The molecule has 3 saturated carbocycles. The summed E-state index contributed by atoms with van der Waals surface area (Å²) in [5.41, 5.74) is 1.24. The Morgan fingerprint density at radius 2 is 1.96 bits per heavy atom. The highest BCUT2D eigenvalue weighted by molar-refractivity contribution is 5.91. The molecule has 0 heterocycles. The van der Waals surface area contributed by atoms with Crippen LogP contribution in [-0.4, -0.2) is 23.3 Å². The molecule has 24 heavy (non-hydrogen) atoms. The minimum absolute atomic E-state index is 0.146. The van der Waals surface area contributed by atoms with Gasteiger partial charge in [0.05, 0.1) is 6.61 Å². The number of carbonyl (C=O) groups is 2. The molecule has 3 fully saturated rings. The maximum Gasteiger partial charge on any atom is 0.155 e. The lowest BCUT2D eigenvalue weighted by atomic mass is 9.46. The Hall–Kier alpha value is -0.960. The molecule has 0 spiro atoms. The number of aliphatic hydroxyl groups is 1. The van der Waals surface area contributed by atoms with Crippen molar-refractivity contribution in [1.29, 1.82) is 0 Å². The minimum Gasteiger partial charge on any atom is -0.395 e. The van der Waals surface area contributed by atoms with Crippen LogP contribution in [0.25, 0.3) is 0 Å². The SMILES string of the molecule is CC(=O)[C@H]1CCC2[C@@H]3CCC4=CC(=O)CC[C@]4(CO)C3CC[C@@]21C. The van der Waals surface area contributed by atoms with Crippen LogP contribution in [-0.2, 0) is 9.59 Å². The Bertz CT molecular complexity index is 606. The van der Waals surface area contributed by atoms with Crippen LogP contribution < -0.4 is 0 Å². The molecule has 2 unspecified atom stereocenters. The molecule has 0 aromatic carbocycles. The molecule has 0 bridgehead atoms. The van der Waals surface area contributed by atoms with Crippen molar-refractivity contribution in [2.75, 3.05) is 6.61 Å². The van der Waals surface area contributed by atoms with E-state index in [1.165, 1.54) is 12.0 Å². The third kappa shape index (κ3) is 2.06. The first-order valence-corrected chi connectivity index (χ1v) is 9.77. The van der Waals surface area contributed by atoms with Crippen molar-refractivity contribution in [3.05, 3.63) is 11.6 Å². The lowest BCUT2D eigenvalue weighted by Gasteiger charge is -2.58. The molecule has 132 valence electrons. The van der Waals surface area contributed by atoms with Crippen molar-refractivity contribution in [3.8, 4) is 0 Å². The standard InChI is InChI=1S/C21H30O3/c1-13(23)17-5-6-18-16-4-3-14-11-15(24)7-10-21(14,12-22)19(16)8-9-20(17,18)2/h11,16-19,22H,3-10,12H2,1-2H3/t16-,17+,18?,19?,20+,21+/m0/s1. The molecule has 1 N–H and O–H groups in total. The third-order valence-corrected chi connectivity index (χ3v) is 8.46. The summed E-state index contributed by atoms with van der Waals surface area (Å²) in [5, 5.41) is 10.3. The Morgan fingerprint density at radius 1 is 1.17 bits per heavy atom. The molecule has 3 heteroatoms. The quantitative estimate of drug-likeness (QED) is 0.840. The summed E-state index contributed by atoms with van der Waals surface area (Å²) in [5.74, 6) is 2.58. The van der Waals surface area contributed by atoms with Crippen molar-refractivity contribution in [1.82, 2.24) is 0 Å². The largest absolute Gasteiger partial charge is 0.395 e. The van der Waals surface area contributed by atoms with Crippen LogP contribution in [0, 0.1) is 34.5 Å². The van der Waals surface area contributed by atoms with Gasteiger partial charge in [0, 0.05) is 17.8 Å². The van der Waals surface area contributed by atoms with Gasteiger partial charge in [-0.15, -0.1) is 0 Å². The predicted octanol–water partition coefficient (Wildman–Crippen LogP) is 3.70. The van der Waals surface area contributed by atoms with Crippen LogP contribution in [0.1, 0.15) is 65.2 Å². The average Bonchev–Trinajstić information content (AvgIpc) is 2.91. The van der Waals surface area contributed by atoms with Crippen LogP contribution in [0.15, 0.2) is 11.6 Å². The summed E-state index contributed by atoms with van der Waals surface area (Å²) in [6.07, 6.45) is 9.80. The predicted molar refractivity (Wildman–Crippen MR) is 92.3 cm³/mol. The average molecular weight is 330 g/mol. The number of aliphatic hydroxyl groups excluding tert-OH is 1. The van der Waals surface area contributed by atoms with Gasteiger partial charge in [0.15, 0.2) is 5.78 Å². The van der Waals surface area contributed by atoms with E-state index in [4.69, 9.17) is 0 Å². The van der Waals surface area contributed by atoms with Gasteiger partial charge in [0.25, 0.3) is 0 Å². The van der Waals surface area contributed by atoms with E-state index in [2.05, 4.69) is 6.92 Å². The first-order valence-electron chi connectivity index (χ1n) is 9.77. The zero-order valence-electron chi connectivity index (χ0n) is 15.0. The number of hydrogen-bond acceptors (Lipinski definition) is 3. The lowest BCUT2D eigenvalue weighted by molar-refractivity contribution is -0.130. The molecule has 0 amide bonds. The monoisotopic (exact) mass is 330 g/mol. The van der Waals surface area contributed by atoms with Crippen molar-refractivity contribution >= 4 is 11.6 Å². The number of carbonyl (C=O) groups excluding carboxylic acids is 2. The van der Waals surface area contributed by atoms with E-state index in [-0.39, 0.29) is 29.1 Å². The Labute approximate surface area is 144 Å². The summed E-state index contributed by atoms with van der Waals surface area (Å²) >= 11 is 0. The fraction of sp³-hybridized carbons (Fsp3) is 0.810. The molecule has 0 aromatic heterocycles. The second-order valence-electron chi connectivity index (χ2n) is 9.15. The summed E-state index contributed by atoms with van der Waals surface area (Å²) in [6.45, 7) is 4.31. The molecule has 0 aromatic rings. The van der Waals surface area contributed by atoms with Crippen LogP contribution in [0.2, 0.25) is 0 Å². The van der Waals surface area contributed by atoms with Crippen molar-refractivity contribution in [3.63, 3.8) is 0 Å². The van der Waals surface area contributed by atoms with E-state index in [1.807, 2.05) is 6.08 Å². The summed E-state index contributed by atoms with van der Waals surface area (Å²) in [4.78, 5) is 24.1. The molecular weight excluding hydrogens is 300 g/mol. The van der Waals surface area contributed by atoms with Crippen LogP contribution in [0.4, 0.5) is 0 Å². The maximum absolute atomic E-state index is 12.2. The molecule has 0 radical (unpaired) electrons.